The number of carbonyl (C=O) groups excluding carboxylic acids is 1. The summed E-state index contributed by atoms with van der Waals surface area (Å²) in [5.41, 5.74) is 0.194. The van der Waals surface area contributed by atoms with Crippen molar-refractivity contribution < 1.29 is 14.8 Å². The molecule has 0 saturated carbocycles. The summed E-state index contributed by atoms with van der Waals surface area (Å²) in [6.07, 6.45) is 2.66. The van der Waals surface area contributed by atoms with Crippen LogP contribution >= 0.6 is 0 Å². The first-order chi connectivity index (χ1) is 8.97. The quantitative estimate of drug-likeness (QED) is 0.445. The van der Waals surface area contributed by atoms with Crippen LogP contribution in [-0.4, -0.2) is 33.7 Å². The Kier molecular flexibility index (Phi) is 5.50. The maximum Gasteiger partial charge on any atom is 0.287 e. The van der Waals surface area contributed by atoms with E-state index in [0.29, 0.717) is 19.4 Å². The highest BCUT2D eigenvalue weighted by Crippen LogP contribution is 2.20. The second-order valence-electron chi connectivity index (χ2n) is 4.53. The van der Waals surface area contributed by atoms with Crippen LogP contribution in [0.1, 0.15) is 43.2 Å². The van der Waals surface area contributed by atoms with E-state index < -0.39 is 4.92 Å². The van der Waals surface area contributed by atoms with Crippen LogP contribution in [0.25, 0.3) is 0 Å². The number of amides is 1. The summed E-state index contributed by atoms with van der Waals surface area (Å²) in [7, 11) is 0. The minimum atomic E-state index is -0.512. The molecule has 19 heavy (non-hydrogen) atoms. The van der Waals surface area contributed by atoms with E-state index >= 15 is 0 Å². The third-order valence-corrected chi connectivity index (χ3v) is 2.70. The molecule has 2 N–H and O–H groups in total. The van der Waals surface area contributed by atoms with Crippen LogP contribution in [0.2, 0.25) is 0 Å². The van der Waals surface area contributed by atoms with Crippen molar-refractivity contribution in [1.82, 2.24) is 9.88 Å². The van der Waals surface area contributed by atoms with Gasteiger partial charge in [0.25, 0.3) is 11.6 Å². The van der Waals surface area contributed by atoms with E-state index in [1.165, 1.54) is 12.3 Å². The second kappa shape index (κ2) is 6.89. The molecule has 0 aliphatic carbocycles. The summed E-state index contributed by atoms with van der Waals surface area (Å²) in [5, 5.41) is 22.1. The Morgan fingerprint density at radius 2 is 2.21 bits per heavy atom. The summed E-state index contributed by atoms with van der Waals surface area (Å²) in [6, 6.07) is 1.24. The van der Waals surface area contributed by atoms with E-state index in [-0.39, 0.29) is 29.9 Å². The summed E-state index contributed by atoms with van der Waals surface area (Å²) in [5.74, 6) is -0.334. The lowest BCUT2D eigenvalue weighted by molar-refractivity contribution is -0.384. The molecule has 0 spiro atoms. The maximum atomic E-state index is 12.0. The Labute approximate surface area is 111 Å². The highest BCUT2D eigenvalue weighted by Gasteiger charge is 2.20. The van der Waals surface area contributed by atoms with Gasteiger partial charge in [-0.1, -0.05) is 0 Å². The number of rotatable bonds is 7. The van der Waals surface area contributed by atoms with Crippen LogP contribution in [0.15, 0.2) is 12.3 Å². The Hall–Kier alpha value is -1.89. The predicted octanol–water partition coefficient (Wildman–Crippen LogP) is 1.48. The summed E-state index contributed by atoms with van der Waals surface area (Å²) in [6.45, 7) is 4.23. The molecule has 0 aromatic carbocycles. The third-order valence-electron chi connectivity index (χ3n) is 2.70. The number of nitrogens with zero attached hydrogens (tertiary/aromatic N) is 2. The van der Waals surface area contributed by atoms with E-state index in [1.807, 2.05) is 13.8 Å². The molecular weight excluding hydrogens is 250 g/mol. The average molecular weight is 269 g/mol. The average Bonchev–Trinajstić information content (AvgIpc) is 2.79. The normalized spacial score (nSPS) is 10.7. The van der Waals surface area contributed by atoms with Gasteiger partial charge >= 0.3 is 0 Å². The van der Waals surface area contributed by atoms with Gasteiger partial charge in [0.1, 0.15) is 5.69 Å². The van der Waals surface area contributed by atoms with Gasteiger partial charge in [0.2, 0.25) is 0 Å². The first-order valence-corrected chi connectivity index (χ1v) is 6.22. The van der Waals surface area contributed by atoms with Crippen LogP contribution in [0.5, 0.6) is 0 Å². The number of nitrogens with one attached hydrogen (secondary N) is 1. The van der Waals surface area contributed by atoms with Crippen molar-refractivity contribution in [3.8, 4) is 0 Å². The van der Waals surface area contributed by atoms with Crippen LogP contribution < -0.4 is 5.32 Å². The molecule has 1 aromatic rings. The van der Waals surface area contributed by atoms with Crippen LogP contribution in [0, 0.1) is 10.1 Å². The minimum Gasteiger partial charge on any atom is -0.396 e. The number of carbonyl (C=O) groups is 1. The highest BCUT2D eigenvalue weighted by molar-refractivity contribution is 5.93. The number of aromatic nitrogens is 1. The molecular formula is C12H19N3O4. The third kappa shape index (κ3) is 4.06. The van der Waals surface area contributed by atoms with Crippen molar-refractivity contribution in [2.24, 2.45) is 0 Å². The van der Waals surface area contributed by atoms with Crippen molar-refractivity contribution >= 4 is 11.6 Å². The Morgan fingerprint density at radius 1 is 1.53 bits per heavy atom. The number of nitro groups is 1. The van der Waals surface area contributed by atoms with E-state index in [9.17, 15) is 14.9 Å². The van der Waals surface area contributed by atoms with Crippen molar-refractivity contribution in [3.63, 3.8) is 0 Å². The number of hydrogen-bond acceptors (Lipinski definition) is 4. The van der Waals surface area contributed by atoms with E-state index in [2.05, 4.69) is 5.32 Å². The number of unbranched alkanes of at least 4 members (excludes halogenated alkanes) is 1. The van der Waals surface area contributed by atoms with Crippen LogP contribution in [-0.2, 0) is 0 Å². The fraction of sp³-hybridized carbons (Fsp3) is 0.583. The van der Waals surface area contributed by atoms with Crippen molar-refractivity contribution in [1.29, 1.82) is 0 Å². The molecule has 1 heterocycles. The lowest BCUT2D eigenvalue weighted by Gasteiger charge is -2.11. The van der Waals surface area contributed by atoms with Gasteiger partial charge in [0, 0.05) is 25.3 Å². The Bertz CT molecular complexity index is 454. The standard InChI is InChI=1S/C12H19N3O4/c1-9(2)14-8-10(15(18)19)7-11(14)12(17)13-5-3-4-6-16/h7-9,16H,3-6H2,1-2H3,(H,13,17). The van der Waals surface area contributed by atoms with Gasteiger partial charge < -0.3 is 15.0 Å². The lowest BCUT2D eigenvalue weighted by atomic mass is 10.3. The van der Waals surface area contributed by atoms with Crippen molar-refractivity contribution in [3.05, 3.63) is 28.1 Å². The van der Waals surface area contributed by atoms with Gasteiger partial charge in [-0.2, -0.15) is 0 Å². The van der Waals surface area contributed by atoms with Gasteiger partial charge in [0.05, 0.1) is 11.1 Å². The number of aliphatic hydroxyl groups excluding tert-OH is 1. The fourth-order valence-electron chi connectivity index (χ4n) is 1.70. The second-order valence-corrected chi connectivity index (χ2v) is 4.53. The molecule has 7 heteroatoms. The van der Waals surface area contributed by atoms with Gasteiger partial charge in [-0.25, -0.2) is 0 Å². The number of aliphatic hydroxyl groups is 1. The van der Waals surface area contributed by atoms with Gasteiger partial charge in [0.15, 0.2) is 0 Å². The van der Waals surface area contributed by atoms with Crippen molar-refractivity contribution in [2.45, 2.75) is 32.7 Å². The van der Waals surface area contributed by atoms with Crippen LogP contribution in [0.3, 0.4) is 0 Å². The molecule has 0 fully saturated rings. The predicted molar refractivity (Wildman–Crippen MR) is 70.1 cm³/mol. The molecule has 0 saturated heterocycles. The monoisotopic (exact) mass is 269 g/mol. The lowest BCUT2D eigenvalue weighted by Crippen LogP contribution is -2.27. The molecule has 0 radical (unpaired) electrons. The smallest absolute Gasteiger partial charge is 0.287 e. The molecule has 0 aliphatic rings. The zero-order valence-electron chi connectivity index (χ0n) is 11.1. The number of hydrogen-bond donors (Lipinski definition) is 2. The molecule has 1 amide bonds. The first-order valence-electron chi connectivity index (χ1n) is 6.22. The van der Waals surface area contributed by atoms with E-state index in [0.717, 1.165) is 0 Å². The van der Waals surface area contributed by atoms with Gasteiger partial charge in [-0.3, -0.25) is 14.9 Å². The zero-order valence-corrected chi connectivity index (χ0v) is 11.1. The first kappa shape index (κ1) is 15.2. The molecule has 0 atom stereocenters. The summed E-state index contributed by atoms with van der Waals surface area (Å²) >= 11 is 0. The molecule has 0 aliphatic heterocycles. The highest BCUT2D eigenvalue weighted by atomic mass is 16.6. The van der Waals surface area contributed by atoms with Crippen molar-refractivity contribution in [2.75, 3.05) is 13.2 Å². The minimum absolute atomic E-state index is 0.0353. The van der Waals surface area contributed by atoms with Gasteiger partial charge in [-0.15, -0.1) is 0 Å². The van der Waals surface area contributed by atoms with E-state index in [1.54, 1.807) is 4.57 Å². The molecule has 0 bridgehead atoms. The molecule has 0 unspecified atom stereocenters. The molecule has 7 nitrogen and oxygen atoms in total. The maximum absolute atomic E-state index is 12.0. The summed E-state index contributed by atoms with van der Waals surface area (Å²) < 4.78 is 1.58. The fourth-order valence-corrected chi connectivity index (χ4v) is 1.70. The Morgan fingerprint density at radius 3 is 2.74 bits per heavy atom. The zero-order chi connectivity index (χ0) is 14.4. The summed E-state index contributed by atoms with van der Waals surface area (Å²) in [4.78, 5) is 22.2. The van der Waals surface area contributed by atoms with Gasteiger partial charge in [-0.05, 0) is 26.7 Å². The largest absolute Gasteiger partial charge is 0.396 e. The van der Waals surface area contributed by atoms with Crippen LogP contribution in [0.4, 0.5) is 5.69 Å². The SMILES string of the molecule is CC(C)n1cc([N+](=O)[O-])cc1C(=O)NCCCCO. The molecule has 1 aromatic heterocycles. The Balaban J connectivity index is 2.80. The van der Waals surface area contributed by atoms with E-state index in [4.69, 9.17) is 5.11 Å². The molecule has 106 valence electrons. The molecule has 1 rings (SSSR count). The topological polar surface area (TPSA) is 97.4 Å².